The fraction of sp³-hybridized carbons (Fsp3) is 0.733. The van der Waals surface area contributed by atoms with Crippen molar-refractivity contribution in [1.82, 2.24) is 9.80 Å². The minimum Gasteiger partial charge on any atom is -0.462 e. The maximum atomic E-state index is 12.3. The van der Waals surface area contributed by atoms with Crippen molar-refractivity contribution < 1.29 is 19.1 Å². The van der Waals surface area contributed by atoms with Gasteiger partial charge in [0.05, 0.1) is 24.3 Å². The molecule has 206 valence electrons. The monoisotopic (exact) mass is 504 g/mol. The van der Waals surface area contributed by atoms with Gasteiger partial charge in [-0.1, -0.05) is 52.4 Å². The maximum Gasteiger partial charge on any atom is 0.338 e. The quantitative estimate of drug-likeness (QED) is 0.131. The summed E-state index contributed by atoms with van der Waals surface area (Å²) in [5, 5.41) is 0. The number of nitrogens with zero attached hydrogens (tertiary/aromatic N) is 2. The lowest BCUT2D eigenvalue weighted by Crippen LogP contribution is -2.21. The van der Waals surface area contributed by atoms with Crippen LogP contribution >= 0.6 is 0 Å². The molecule has 0 aliphatic rings. The van der Waals surface area contributed by atoms with Gasteiger partial charge in [0, 0.05) is 0 Å². The van der Waals surface area contributed by atoms with E-state index in [4.69, 9.17) is 9.47 Å². The first kappa shape index (κ1) is 32.1. The van der Waals surface area contributed by atoms with E-state index in [0.717, 1.165) is 51.9 Å². The van der Waals surface area contributed by atoms with Crippen molar-refractivity contribution in [2.24, 2.45) is 0 Å². The first-order valence-electron chi connectivity index (χ1n) is 14.3. The van der Waals surface area contributed by atoms with Crippen molar-refractivity contribution in [2.45, 2.75) is 90.9 Å². The minimum absolute atomic E-state index is 0.346. The molecular weight excluding hydrogens is 452 g/mol. The molecule has 0 aliphatic heterocycles. The van der Waals surface area contributed by atoms with Crippen LogP contribution in [0.2, 0.25) is 0 Å². The van der Waals surface area contributed by atoms with Gasteiger partial charge in [-0.05, 0) is 103 Å². The molecule has 1 aromatic carbocycles. The number of hydrogen-bond acceptors (Lipinski definition) is 6. The minimum atomic E-state index is -0.346. The second-order valence-corrected chi connectivity index (χ2v) is 9.99. The highest BCUT2D eigenvalue weighted by atomic mass is 16.5. The van der Waals surface area contributed by atoms with Gasteiger partial charge in [-0.25, -0.2) is 9.59 Å². The molecule has 0 N–H and O–H groups in total. The lowest BCUT2D eigenvalue weighted by atomic mass is 10.1. The predicted molar refractivity (Wildman–Crippen MR) is 149 cm³/mol. The van der Waals surface area contributed by atoms with Gasteiger partial charge < -0.3 is 19.3 Å². The molecule has 0 fully saturated rings. The first-order chi connectivity index (χ1) is 17.5. The van der Waals surface area contributed by atoms with Crippen LogP contribution in [0.5, 0.6) is 0 Å². The third-order valence-electron chi connectivity index (χ3n) is 6.48. The van der Waals surface area contributed by atoms with E-state index in [-0.39, 0.29) is 11.9 Å². The lowest BCUT2D eigenvalue weighted by molar-refractivity contribution is 0.0481. The summed E-state index contributed by atoms with van der Waals surface area (Å²) in [4.78, 5) is 29.2. The zero-order valence-electron chi connectivity index (χ0n) is 23.6. The molecule has 0 heterocycles. The first-order valence-corrected chi connectivity index (χ1v) is 14.3. The van der Waals surface area contributed by atoms with Gasteiger partial charge >= 0.3 is 11.9 Å². The van der Waals surface area contributed by atoms with Gasteiger partial charge in [0.2, 0.25) is 0 Å². The molecule has 6 nitrogen and oxygen atoms in total. The summed E-state index contributed by atoms with van der Waals surface area (Å²) in [5.74, 6) is -0.691. The second kappa shape index (κ2) is 21.2. The van der Waals surface area contributed by atoms with Crippen LogP contribution in [0.15, 0.2) is 24.3 Å². The number of carbonyl (C=O) groups is 2. The van der Waals surface area contributed by atoms with Crippen molar-refractivity contribution in [3.8, 4) is 0 Å². The molecule has 0 saturated heterocycles. The number of esters is 2. The van der Waals surface area contributed by atoms with E-state index in [0.29, 0.717) is 24.3 Å². The van der Waals surface area contributed by atoms with E-state index in [2.05, 4.69) is 37.7 Å². The van der Waals surface area contributed by atoms with E-state index in [1.54, 1.807) is 24.3 Å². The second-order valence-electron chi connectivity index (χ2n) is 9.99. The van der Waals surface area contributed by atoms with Crippen LogP contribution in [-0.4, -0.2) is 75.2 Å². The van der Waals surface area contributed by atoms with E-state index in [9.17, 15) is 9.59 Å². The maximum absolute atomic E-state index is 12.3. The average molecular weight is 505 g/mol. The average Bonchev–Trinajstić information content (AvgIpc) is 2.88. The van der Waals surface area contributed by atoms with Crippen molar-refractivity contribution in [2.75, 3.05) is 53.5 Å². The van der Waals surface area contributed by atoms with Crippen LogP contribution in [-0.2, 0) is 9.47 Å². The molecule has 0 aromatic heterocycles. The number of rotatable bonds is 22. The van der Waals surface area contributed by atoms with E-state index in [1.807, 2.05) is 0 Å². The Hall–Kier alpha value is -1.92. The van der Waals surface area contributed by atoms with Gasteiger partial charge in [0.25, 0.3) is 0 Å². The molecule has 0 radical (unpaired) electrons. The van der Waals surface area contributed by atoms with Crippen LogP contribution in [0.4, 0.5) is 0 Å². The molecule has 6 heteroatoms. The zero-order valence-corrected chi connectivity index (χ0v) is 23.6. The van der Waals surface area contributed by atoms with E-state index in [1.165, 1.54) is 51.4 Å². The Morgan fingerprint density at radius 1 is 0.556 bits per heavy atom. The Balaban J connectivity index is 2.15. The fourth-order valence-corrected chi connectivity index (χ4v) is 4.05. The normalized spacial score (nSPS) is 11.3. The summed E-state index contributed by atoms with van der Waals surface area (Å²) in [6, 6.07) is 6.54. The summed E-state index contributed by atoms with van der Waals surface area (Å²) in [7, 11) is 4.30. The Kier molecular flexibility index (Phi) is 18.9. The Morgan fingerprint density at radius 2 is 0.889 bits per heavy atom. The molecular formula is C30H52N2O4. The molecule has 0 bridgehead atoms. The van der Waals surface area contributed by atoms with Gasteiger partial charge in [-0.15, -0.1) is 0 Å². The Morgan fingerprint density at radius 3 is 1.22 bits per heavy atom. The third-order valence-corrected chi connectivity index (χ3v) is 6.48. The smallest absolute Gasteiger partial charge is 0.338 e. The topological polar surface area (TPSA) is 59.1 Å². The molecule has 0 unspecified atom stereocenters. The molecule has 1 rings (SSSR count). The van der Waals surface area contributed by atoms with Crippen LogP contribution < -0.4 is 0 Å². The molecule has 0 saturated carbocycles. The highest BCUT2D eigenvalue weighted by Crippen LogP contribution is 2.09. The number of benzene rings is 1. The number of carbonyl (C=O) groups excluding carboxylic acids is 2. The Labute approximate surface area is 220 Å². The van der Waals surface area contributed by atoms with Crippen molar-refractivity contribution in [1.29, 1.82) is 0 Å². The van der Waals surface area contributed by atoms with Crippen LogP contribution in [0.1, 0.15) is 112 Å². The highest BCUT2D eigenvalue weighted by Gasteiger charge is 2.11. The van der Waals surface area contributed by atoms with Gasteiger partial charge in [-0.3, -0.25) is 0 Å². The van der Waals surface area contributed by atoms with E-state index < -0.39 is 0 Å². The summed E-state index contributed by atoms with van der Waals surface area (Å²) >= 11 is 0. The highest BCUT2D eigenvalue weighted by molar-refractivity contribution is 5.93. The van der Waals surface area contributed by atoms with Gasteiger partial charge in [0.15, 0.2) is 0 Å². The molecule has 0 amide bonds. The fourth-order valence-electron chi connectivity index (χ4n) is 4.05. The van der Waals surface area contributed by atoms with Gasteiger partial charge in [-0.2, -0.15) is 0 Å². The predicted octanol–water partition coefficient (Wildman–Crippen LogP) is 6.58. The number of hydrogen-bond donors (Lipinski definition) is 0. The van der Waals surface area contributed by atoms with Crippen molar-refractivity contribution >= 4 is 11.9 Å². The number of unbranched alkanes of at least 4 members (excludes halogenated alkanes) is 8. The van der Waals surface area contributed by atoms with Crippen LogP contribution in [0.25, 0.3) is 0 Å². The molecule has 0 atom stereocenters. The van der Waals surface area contributed by atoms with Crippen molar-refractivity contribution in [3.63, 3.8) is 0 Å². The zero-order chi connectivity index (χ0) is 26.4. The van der Waals surface area contributed by atoms with Crippen molar-refractivity contribution in [3.05, 3.63) is 35.4 Å². The summed E-state index contributed by atoms with van der Waals surface area (Å²) in [6.45, 7) is 9.60. The van der Waals surface area contributed by atoms with E-state index >= 15 is 0 Å². The molecule has 0 aliphatic carbocycles. The summed E-state index contributed by atoms with van der Waals surface area (Å²) in [6.07, 6.45) is 14.0. The summed E-state index contributed by atoms with van der Waals surface area (Å²) in [5.41, 5.74) is 0.920. The van der Waals surface area contributed by atoms with Crippen LogP contribution in [0.3, 0.4) is 0 Å². The number of ether oxygens (including phenoxy) is 2. The van der Waals surface area contributed by atoms with Gasteiger partial charge in [0.1, 0.15) is 0 Å². The third kappa shape index (κ3) is 15.9. The molecule has 1 aromatic rings. The lowest BCUT2D eigenvalue weighted by Gasteiger charge is -2.16. The van der Waals surface area contributed by atoms with Crippen LogP contribution in [0, 0.1) is 0 Å². The molecule has 36 heavy (non-hydrogen) atoms. The standard InChI is InChI=1S/C30H52N2O4/c1-5-7-9-11-21-31(3)23-13-15-25-35-29(33)27-17-19-28(20-18-27)30(34)36-26-16-14-24-32(4)22-12-10-8-6-2/h17-20H,5-16,21-26H2,1-4H3. The SMILES string of the molecule is CCCCCCN(C)CCCCOC(=O)c1ccc(C(=O)OCCCCN(C)CCCCCC)cc1. The Bertz CT molecular complexity index is 634. The molecule has 0 spiro atoms. The largest absolute Gasteiger partial charge is 0.462 e. The summed E-state index contributed by atoms with van der Waals surface area (Å²) < 4.78 is 10.8.